The van der Waals surface area contributed by atoms with Gasteiger partial charge in [0.05, 0.1) is 15.9 Å². The van der Waals surface area contributed by atoms with Crippen LogP contribution in [0, 0.1) is 10.1 Å². The van der Waals surface area contributed by atoms with Gasteiger partial charge in [0, 0.05) is 18.7 Å². The third kappa shape index (κ3) is 3.24. The van der Waals surface area contributed by atoms with Crippen molar-refractivity contribution in [1.82, 2.24) is 4.31 Å². The number of nitro groups is 1. The Kier molecular flexibility index (Phi) is 4.48. The number of nitro benzene ring substituents is 1. The molecule has 27 heavy (non-hydrogen) atoms. The maximum absolute atomic E-state index is 13.1. The number of non-ortho nitro benzene ring substituents is 1. The van der Waals surface area contributed by atoms with Crippen molar-refractivity contribution in [3.05, 3.63) is 58.1 Å². The molecule has 1 fully saturated rings. The molecule has 2 heterocycles. The van der Waals surface area contributed by atoms with E-state index in [4.69, 9.17) is 9.47 Å². The highest BCUT2D eigenvalue weighted by molar-refractivity contribution is 7.89. The highest BCUT2D eigenvalue weighted by Gasteiger charge is 2.36. The molecule has 2 aromatic rings. The van der Waals surface area contributed by atoms with Gasteiger partial charge in [0.2, 0.25) is 10.0 Å². The lowest BCUT2D eigenvalue weighted by molar-refractivity contribution is -0.384. The Morgan fingerprint density at radius 3 is 2.44 bits per heavy atom. The molecule has 142 valence electrons. The monoisotopic (exact) mass is 390 g/mol. The molecule has 0 spiro atoms. The second-order valence-corrected chi connectivity index (χ2v) is 8.32. The molecule has 0 aromatic heterocycles. The summed E-state index contributed by atoms with van der Waals surface area (Å²) in [7, 11) is -3.76. The first-order valence-corrected chi connectivity index (χ1v) is 10.1. The number of ether oxygens (including phenoxy) is 2. The second kappa shape index (κ2) is 6.82. The minimum Gasteiger partial charge on any atom is -0.486 e. The van der Waals surface area contributed by atoms with Crippen LogP contribution < -0.4 is 9.47 Å². The Morgan fingerprint density at radius 1 is 1.04 bits per heavy atom. The average molecular weight is 390 g/mol. The Hall–Kier alpha value is -2.65. The molecule has 0 aliphatic carbocycles. The lowest BCUT2D eigenvalue weighted by Crippen LogP contribution is -2.30. The molecule has 2 aliphatic heterocycles. The summed E-state index contributed by atoms with van der Waals surface area (Å²) in [5, 5.41) is 10.8. The molecule has 8 nitrogen and oxygen atoms in total. The number of fused-ring (bicyclic) bond motifs is 1. The minimum atomic E-state index is -3.76. The molecule has 0 bridgehead atoms. The highest BCUT2D eigenvalue weighted by atomic mass is 32.2. The summed E-state index contributed by atoms with van der Waals surface area (Å²) in [6.45, 7) is 1.36. The van der Waals surface area contributed by atoms with Crippen LogP contribution in [0.5, 0.6) is 11.5 Å². The maximum atomic E-state index is 13.1. The van der Waals surface area contributed by atoms with Gasteiger partial charge in [-0.2, -0.15) is 4.31 Å². The zero-order valence-corrected chi connectivity index (χ0v) is 15.2. The summed E-state index contributed by atoms with van der Waals surface area (Å²) in [6.07, 6.45) is 1.44. The summed E-state index contributed by atoms with van der Waals surface area (Å²) >= 11 is 0. The van der Waals surface area contributed by atoms with Crippen molar-refractivity contribution < 1.29 is 22.8 Å². The Bertz CT molecular complexity index is 974. The molecular formula is C18H18N2O6S. The second-order valence-electron chi connectivity index (χ2n) is 6.43. The van der Waals surface area contributed by atoms with Crippen molar-refractivity contribution in [2.45, 2.75) is 23.8 Å². The van der Waals surface area contributed by atoms with Gasteiger partial charge in [-0.05, 0) is 42.7 Å². The summed E-state index contributed by atoms with van der Waals surface area (Å²) in [5.41, 5.74) is 0.709. The quantitative estimate of drug-likeness (QED) is 0.588. The van der Waals surface area contributed by atoms with E-state index in [1.807, 2.05) is 12.1 Å². The van der Waals surface area contributed by atoms with Crippen LogP contribution >= 0.6 is 0 Å². The molecule has 1 saturated heterocycles. The first-order valence-electron chi connectivity index (χ1n) is 8.63. The molecule has 0 saturated carbocycles. The Balaban J connectivity index is 1.65. The van der Waals surface area contributed by atoms with Crippen LogP contribution in [0.4, 0.5) is 5.69 Å². The predicted molar refractivity (Wildman–Crippen MR) is 96.4 cm³/mol. The normalized spacial score (nSPS) is 19.8. The third-order valence-electron chi connectivity index (χ3n) is 4.81. The predicted octanol–water partition coefficient (Wildman–Crippen LogP) is 2.89. The van der Waals surface area contributed by atoms with E-state index in [0.717, 1.165) is 12.0 Å². The van der Waals surface area contributed by atoms with Gasteiger partial charge in [0.1, 0.15) is 13.2 Å². The first kappa shape index (κ1) is 17.7. The van der Waals surface area contributed by atoms with Crippen LogP contribution in [-0.2, 0) is 10.0 Å². The van der Waals surface area contributed by atoms with Crippen LogP contribution in [0.1, 0.15) is 24.4 Å². The molecule has 0 unspecified atom stereocenters. The van der Waals surface area contributed by atoms with Gasteiger partial charge in [0.25, 0.3) is 5.69 Å². The van der Waals surface area contributed by atoms with E-state index in [0.29, 0.717) is 37.7 Å². The molecule has 0 amide bonds. The topological polar surface area (TPSA) is 99.0 Å². The van der Waals surface area contributed by atoms with Crippen molar-refractivity contribution in [3.63, 3.8) is 0 Å². The fourth-order valence-corrected chi connectivity index (χ4v) is 5.19. The Labute approximate surface area is 156 Å². The summed E-state index contributed by atoms with van der Waals surface area (Å²) in [6, 6.07) is 10.2. The fourth-order valence-electron chi connectivity index (χ4n) is 3.50. The van der Waals surface area contributed by atoms with Crippen LogP contribution in [0.3, 0.4) is 0 Å². The van der Waals surface area contributed by atoms with Crippen molar-refractivity contribution >= 4 is 15.7 Å². The lowest BCUT2D eigenvalue weighted by Gasteiger charge is -2.26. The number of hydrogen-bond acceptors (Lipinski definition) is 6. The number of hydrogen-bond donors (Lipinski definition) is 0. The first-order chi connectivity index (χ1) is 13.0. The van der Waals surface area contributed by atoms with Crippen LogP contribution in [-0.4, -0.2) is 37.4 Å². The van der Waals surface area contributed by atoms with Crippen LogP contribution in [0.2, 0.25) is 0 Å². The van der Waals surface area contributed by atoms with Gasteiger partial charge in [-0.15, -0.1) is 0 Å². The average Bonchev–Trinajstić information content (AvgIpc) is 3.18. The van der Waals surface area contributed by atoms with E-state index in [-0.39, 0.29) is 16.6 Å². The minimum absolute atomic E-state index is 0.0533. The Morgan fingerprint density at radius 2 is 1.74 bits per heavy atom. The fraction of sp³-hybridized carbons (Fsp3) is 0.333. The van der Waals surface area contributed by atoms with E-state index in [1.54, 1.807) is 6.07 Å². The van der Waals surface area contributed by atoms with Gasteiger partial charge in [-0.3, -0.25) is 10.1 Å². The third-order valence-corrected chi connectivity index (χ3v) is 6.73. The van der Waals surface area contributed by atoms with Gasteiger partial charge in [0.15, 0.2) is 11.5 Å². The van der Waals surface area contributed by atoms with Crippen molar-refractivity contribution in [1.29, 1.82) is 0 Å². The smallest absolute Gasteiger partial charge is 0.269 e. The van der Waals surface area contributed by atoms with E-state index >= 15 is 0 Å². The van der Waals surface area contributed by atoms with E-state index in [9.17, 15) is 18.5 Å². The molecule has 9 heteroatoms. The van der Waals surface area contributed by atoms with E-state index in [1.165, 1.54) is 28.6 Å². The van der Waals surface area contributed by atoms with Crippen LogP contribution in [0.15, 0.2) is 47.4 Å². The van der Waals surface area contributed by atoms with Gasteiger partial charge in [-0.25, -0.2) is 8.42 Å². The van der Waals surface area contributed by atoms with E-state index < -0.39 is 14.9 Å². The summed E-state index contributed by atoms with van der Waals surface area (Å²) < 4.78 is 38.8. The molecule has 2 aliphatic rings. The maximum Gasteiger partial charge on any atom is 0.269 e. The zero-order chi connectivity index (χ0) is 19.0. The number of sulfonamides is 1. The number of rotatable bonds is 4. The van der Waals surface area contributed by atoms with Gasteiger partial charge < -0.3 is 9.47 Å². The standard InChI is InChI=1S/C18H18N2O6S/c21-20(22)14-4-6-15(7-5-14)27(23,24)19-9-1-2-16(19)13-3-8-17-18(12-13)26-11-10-25-17/h3-8,12,16H,1-2,9-11H2/t16-/m0/s1. The van der Waals surface area contributed by atoms with Crippen molar-refractivity contribution in [2.75, 3.05) is 19.8 Å². The van der Waals surface area contributed by atoms with Crippen molar-refractivity contribution in [3.8, 4) is 11.5 Å². The molecule has 0 N–H and O–H groups in total. The molecule has 0 radical (unpaired) electrons. The highest BCUT2D eigenvalue weighted by Crippen LogP contribution is 2.40. The van der Waals surface area contributed by atoms with Gasteiger partial charge >= 0.3 is 0 Å². The van der Waals surface area contributed by atoms with E-state index in [2.05, 4.69) is 0 Å². The summed E-state index contributed by atoms with van der Waals surface area (Å²) in [5.74, 6) is 1.28. The SMILES string of the molecule is O=[N+]([O-])c1ccc(S(=O)(=O)N2CCC[C@H]2c2ccc3c(c2)OCCO3)cc1. The molecule has 4 rings (SSSR count). The number of benzene rings is 2. The zero-order valence-electron chi connectivity index (χ0n) is 14.4. The van der Waals surface area contributed by atoms with Gasteiger partial charge in [-0.1, -0.05) is 6.07 Å². The largest absolute Gasteiger partial charge is 0.486 e. The number of nitrogens with zero attached hydrogens (tertiary/aromatic N) is 2. The van der Waals surface area contributed by atoms with Crippen LogP contribution in [0.25, 0.3) is 0 Å². The summed E-state index contributed by atoms with van der Waals surface area (Å²) in [4.78, 5) is 10.3. The molecular weight excluding hydrogens is 372 g/mol. The lowest BCUT2D eigenvalue weighted by atomic mass is 10.0. The molecule has 1 atom stereocenters. The molecule has 2 aromatic carbocycles. The van der Waals surface area contributed by atoms with Crippen molar-refractivity contribution in [2.24, 2.45) is 0 Å².